The second-order valence-corrected chi connectivity index (χ2v) is 6.04. The summed E-state index contributed by atoms with van der Waals surface area (Å²) < 4.78 is 78.7. The Kier molecular flexibility index (Phi) is 4.98. The van der Waals surface area contributed by atoms with Gasteiger partial charge in [-0.05, 0) is 48.5 Å². The Hall–Kier alpha value is -3.52. The van der Waals surface area contributed by atoms with Crippen molar-refractivity contribution in [2.24, 2.45) is 4.36 Å². The molecule has 11 heteroatoms. The average Bonchev–Trinajstić information content (AvgIpc) is 3.02. The maximum absolute atomic E-state index is 13.4. The molecule has 0 saturated carbocycles. The Balaban J connectivity index is 2.28. The van der Waals surface area contributed by atoms with Gasteiger partial charge in [0.05, 0.1) is 17.1 Å². The molecule has 0 N–H and O–H groups in total. The molecule has 0 unspecified atom stereocenters. The van der Waals surface area contributed by atoms with Gasteiger partial charge < -0.3 is 0 Å². The van der Waals surface area contributed by atoms with Crippen molar-refractivity contribution >= 4 is 16.2 Å². The molecule has 1 heterocycles. The van der Waals surface area contributed by atoms with Crippen LogP contribution in [0.1, 0.15) is 11.3 Å². The molecule has 0 bridgehead atoms. The van der Waals surface area contributed by atoms with Gasteiger partial charge in [0, 0.05) is 5.56 Å². The standard InChI is InChI=1S/C17H8F4N4O2S/c18-11-3-1-10(2-4-11)15-14(9-22)16(17(19,20)21)23-25(15)13-7-5-12(6-8-13)24-28(26)27/h1-8H. The van der Waals surface area contributed by atoms with E-state index in [1.165, 1.54) is 42.5 Å². The summed E-state index contributed by atoms with van der Waals surface area (Å²) in [5.41, 5.74) is -1.94. The first-order valence-electron chi connectivity index (χ1n) is 7.48. The van der Waals surface area contributed by atoms with E-state index in [9.17, 15) is 31.2 Å². The van der Waals surface area contributed by atoms with Crippen LogP contribution in [-0.4, -0.2) is 18.2 Å². The minimum atomic E-state index is -4.89. The lowest BCUT2D eigenvalue weighted by Gasteiger charge is -2.08. The number of hydrogen-bond donors (Lipinski definition) is 0. The summed E-state index contributed by atoms with van der Waals surface area (Å²) in [5.74, 6) is -0.596. The minimum absolute atomic E-state index is 0.0594. The first-order chi connectivity index (χ1) is 13.2. The van der Waals surface area contributed by atoms with Crippen molar-refractivity contribution in [3.05, 3.63) is 65.6 Å². The zero-order valence-corrected chi connectivity index (χ0v) is 14.5. The number of nitrogens with zero attached hydrogens (tertiary/aromatic N) is 4. The lowest BCUT2D eigenvalue weighted by Crippen LogP contribution is -2.08. The quantitative estimate of drug-likeness (QED) is 0.606. The third-order valence-electron chi connectivity index (χ3n) is 3.66. The highest BCUT2D eigenvalue weighted by Gasteiger charge is 2.40. The lowest BCUT2D eigenvalue weighted by atomic mass is 10.1. The van der Waals surface area contributed by atoms with Crippen LogP contribution in [0.4, 0.5) is 23.2 Å². The smallest absolute Gasteiger partial charge is 0.231 e. The van der Waals surface area contributed by atoms with E-state index in [-0.39, 0.29) is 22.6 Å². The van der Waals surface area contributed by atoms with Gasteiger partial charge >= 0.3 is 16.7 Å². The predicted octanol–water partition coefficient (Wildman–Crippen LogP) is 4.26. The topological polar surface area (TPSA) is 88.1 Å². The summed E-state index contributed by atoms with van der Waals surface area (Å²) in [7, 11) is -2.69. The van der Waals surface area contributed by atoms with Gasteiger partial charge in [0.1, 0.15) is 17.4 Å². The van der Waals surface area contributed by atoms with Crippen LogP contribution >= 0.6 is 0 Å². The van der Waals surface area contributed by atoms with Gasteiger partial charge in [-0.2, -0.15) is 31.9 Å². The summed E-state index contributed by atoms with van der Waals surface area (Å²) in [4.78, 5) is 0. The highest BCUT2D eigenvalue weighted by Crippen LogP contribution is 2.37. The first kappa shape index (κ1) is 19.2. The van der Waals surface area contributed by atoms with Gasteiger partial charge in [-0.1, -0.05) is 0 Å². The van der Waals surface area contributed by atoms with E-state index in [1.54, 1.807) is 0 Å². The molecule has 0 saturated heterocycles. The zero-order valence-electron chi connectivity index (χ0n) is 13.6. The van der Waals surface area contributed by atoms with E-state index in [0.29, 0.717) is 0 Å². The molecule has 142 valence electrons. The SMILES string of the molecule is N#Cc1c(C(F)(F)F)nn(-c2ccc(N=S(=O)=O)cc2)c1-c1ccc(F)cc1. The van der Waals surface area contributed by atoms with Gasteiger partial charge in [0.2, 0.25) is 0 Å². The van der Waals surface area contributed by atoms with Crippen molar-refractivity contribution in [2.45, 2.75) is 6.18 Å². The summed E-state index contributed by atoms with van der Waals surface area (Å²) >= 11 is 0. The number of rotatable bonds is 3. The van der Waals surface area contributed by atoms with Gasteiger partial charge in [-0.25, -0.2) is 9.07 Å². The fourth-order valence-corrected chi connectivity index (χ4v) is 2.82. The van der Waals surface area contributed by atoms with E-state index in [2.05, 4.69) is 9.46 Å². The lowest BCUT2D eigenvalue weighted by molar-refractivity contribution is -0.141. The maximum atomic E-state index is 13.4. The molecule has 0 aliphatic carbocycles. The molecule has 0 spiro atoms. The second-order valence-electron chi connectivity index (χ2n) is 5.43. The summed E-state index contributed by atoms with van der Waals surface area (Å²) in [6.07, 6.45) is -4.89. The molecular weight excluding hydrogens is 400 g/mol. The Bertz CT molecular complexity index is 1200. The van der Waals surface area contributed by atoms with E-state index in [4.69, 9.17) is 0 Å². The van der Waals surface area contributed by atoms with Crippen LogP contribution in [-0.2, 0) is 16.7 Å². The molecule has 2 aromatic carbocycles. The van der Waals surface area contributed by atoms with Crippen molar-refractivity contribution in [3.8, 4) is 23.0 Å². The first-order valence-corrected chi connectivity index (χ1v) is 8.51. The normalized spacial score (nSPS) is 11.1. The van der Waals surface area contributed by atoms with Gasteiger partial charge in [-0.3, -0.25) is 0 Å². The Morgan fingerprint density at radius 3 is 2.14 bits per heavy atom. The summed E-state index contributed by atoms with van der Waals surface area (Å²) in [6.45, 7) is 0. The van der Waals surface area contributed by atoms with Crippen LogP contribution in [0, 0.1) is 17.1 Å². The summed E-state index contributed by atoms with van der Waals surface area (Å²) in [5, 5.41) is 12.9. The second kappa shape index (κ2) is 7.24. The van der Waals surface area contributed by atoms with E-state index in [1.807, 2.05) is 0 Å². The third kappa shape index (κ3) is 3.77. The molecule has 0 radical (unpaired) electrons. The van der Waals surface area contributed by atoms with Crippen molar-refractivity contribution in [3.63, 3.8) is 0 Å². The molecule has 3 aromatic rings. The Morgan fingerprint density at radius 2 is 1.64 bits per heavy atom. The van der Waals surface area contributed by atoms with Gasteiger partial charge in [0.25, 0.3) is 0 Å². The van der Waals surface area contributed by atoms with Crippen molar-refractivity contribution in [1.82, 2.24) is 9.78 Å². The third-order valence-corrected chi connectivity index (χ3v) is 4.02. The largest absolute Gasteiger partial charge is 0.436 e. The molecule has 0 aliphatic heterocycles. The number of hydrogen-bond acceptors (Lipinski definition) is 5. The molecular formula is C17H8F4N4O2S. The number of nitriles is 1. The van der Waals surface area contributed by atoms with Crippen LogP contribution in [0.2, 0.25) is 0 Å². The maximum Gasteiger partial charge on any atom is 0.436 e. The molecule has 3 rings (SSSR count). The molecule has 6 nitrogen and oxygen atoms in total. The number of aromatic nitrogens is 2. The Labute approximate surface area is 157 Å². The molecule has 0 amide bonds. The van der Waals surface area contributed by atoms with Crippen LogP contribution in [0.5, 0.6) is 0 Å². The Morgan fingerprint density at radius 1 is 1.04 bits per heavy atom. The minimum Gasteiger partial charge on any atom is -0.231 e. The van der Waals surface area contributed by atoms with Crippen LogP contribution < -0.4 is 0 Å². The average molecular weight is 408 g/mol. The van der Waals surface area contributed by atoms with E-state index in [0.717, 1.165) is 16.8 Å². The highest BCUT2D eigenvalue weighted by atomic mass is 32.2. The molecule has 1 aromatic heterocycles. The molecule has 28 heavy (non-hydrogen) atoms. The fourth-order valence-electron chi connectivity index (χ4n) is 2.52. The monoisotopic (exact) mass is 408 g/mol. The van der Waals surface area contributed by atoms with Crippen molar-refractivity contribution in [2.75, 3.05) is 0 Å². The predicted molar refractivity (Wildman–Crippen MR) is 89.7 cm³/mol. The number of alkyl halides is 3. The highest BCUT2D eigenvalue weighted by molar-refractivity contribution is 7.61. The van der Waals surface area contributed by atoms with Gasteiger partial charge in [-0.15, -0.1) is 4.36 Å². The molecule has 0 fully saturated rings. The molecule has 0 atom stereocenters. The van der Waals surface area contributed by atoms with E-state index < -0.39 is 33.8 Å². The number of halogens is 4. The van der Waals surface area contributed by atoms with Gasteiger partial charge in [0.15, 0.2) is 5.69 Å². The number of benzene rings is 2. The van der Waals surface area contributed by atoms with Crippen LogP contribution in [0.25, 0.3) is 16.9 Å². The zero-order chi connectivity index (χ0) is 20.5. The van der Waals surface area contributed by atoms with Crippen LogP contribution in [0.15, 0.2) is 52.9 Å². The summed E-state index contributed by atoms with van der Waals surface area (Å²) in [6, 6.07) is 11.2. The van der Waals surface area contributed by atoms with Crippen molar-refractivity contribution in [1.29, 1.82) is 5.26 Å². The molecule has 0 aliphatic rings. The van der Waals surface area contributed by atoms with Crippen molar-refractivity contribution < 1.29 is 26.0 Å². The fraction of sp³-hybridized carbons (Fsp3) is 0.0588. The van der Waals surface area contributed by atoms with Crippen LogP contribution in [0.3, 0.4) is 0 Å². The van der Waals surface area contributed by atoms with E-state index >= 15 is 0 Å².